The van der Waals surface area contributed by atoms with Crippen LogP contribution in [-0.2, 0) is 10.3 Å². The number of hydrogen-bond donors (Lipinski definition) is 1. The van der Waals surface area contributed by atoms with E-state index >= 15 is 0 Å². The number of aromatic nitrogens is 2. The number of fused-ring (bicyclic) bond motifs is 1. The lowest BCUT2D eigenvalue weighted by atomic mass is 9.82. The van der Waals surface area contributed by atoms with E-state index in [0.717, 1.165) is 16.8 Å². The first-order valence-electron chi connectivity index (χ1n) is 9.00. The number of thioether (sulfide) groups is 1. The molecule has 2 aromatic rings. The molecule has 1 N–H and O–H groups in total. The van der Waals surface area contributed by atoms with Crippen LogP contribution >= 0.6 is 35.0 Å². The molecule has 6 nitrogen and oxygen atoms in total. The Labute approximate surface area is 182 Å². The molecule has 0 bridgehead atoms. The van der Waals surface area contributed by atoms with Crippen molar-refractivity contribution in [3.63, 3.8) is 0 Å². The second kappa shape index (κ2) is 7.31. The maximum atomic E-state index is 11.9. The number of carboxylic acids is 1. The number of aliphatic imine (C=N–C) groups is 1. The van der Waals surface area contributed by atoms with Crippen LogP contribution in [0, 0.1) is 5.92 Å². The van der Waals surface area contributed by atoms with Gasteiger partial charge in [-0.2, -0.15) is 0 Å². The van der Waals surface area contributed by atoms with Gasteiger partial charge in [0.2, 0.25) is 0 Å². The SMILES string of the molecule is CC(C)C1=C(C(=O)O)SC2=N[C@@](C)(c3ccc(Cl)nc3)C(c3ccc(Cl)nc3)N21. The largest absolute Gasteiger partial charge is 0.477 e. The van der Waals surface area contributed by atoms with Crippen molar-refractivity contribution >= 4 is 46.1 Å². The minimum absolute atomic E-state index is 0.00486. The molecule has 2 aromatic heterocycles. The number of pyridine rings is 2. The van der Waals surface area contributed by atoms with Crippen LogP contribution in [0.1, 0.15) is 37.9 Å². The summed E-state index contributed by atoms with van der Waals surface area (Å²) in [4.78, 5) is 27.7. The van der Waals surface area contributed by atoms with Gasteiger partial charge in [-0.1, -0.05) is 49.2 Å². The number of carboxylic acid groups (broad SMARTS) is 1. The van der Waals surface area contributed by atoms with Gasteiger partial charge in [-0.3, -0.25) is 0 Å². The van der Waals surface area contributed by atoms with E-state index in [2.05, 4.69) is 9.97 Å². The highest BCUT2D eigenvalue weighted by molar-refractivity contribution is 8.18. The van der Waals surface area contributed by atoms with E-state index in [-0.39, 0.29) is 12.0 Å². The molecule has 29 heavy (non-hydrogen) atoms. The van der Waals surface area contributed by atoms with E-state index in [4.69, 9.17) is 28.2 Å². The fourth-order valence-electron chi connectivity index (χ4n) is 3.86. The summed E-state index contributed by atoms with van der Waals surface area (Å²) in [7, 11) is 0. The number of hydrogen-bond acceptors (Lipinski definition) is 6. The average Bonchev–Trinajstić information content (AvgIpc) is 3.16. The highest BCUT2D eigenvalue weighted by atomic mass is 35.5. The number of allylic oxidation sites excluding steroid dienone is 1. The van der Waals surface area contributed by atoms with Gasteiger partial charge in [0.1, 0.15) is 20.8 Å². The molecular weight excluding hydrogens is 431 g/mol. The molecule has 2 aliphatic heterocycles. The van der Waals surface area contributed by atoms with Crippen LogP contribution in [0.25, 0.3) is 0 Å². The second-order valence-electron chi connectivity index (χ2n) is 7.37. The Morgan fingerprint density at radius 1 is 1.17 bits per heavy atom. The molecule has 4 heterocycles. The normalized spacial score (nSPS) is 23.6. The van der Waals surface area contributed by atoms with E-state index < -0.39 is 11.5 Å². The molecule has 2 atom stereocenters. The van der Waals surface area contributed by atoms with Gasteiger partial charge in [-0.15, -0.1) is 0 Å². The molecule has 0 aromatic carbocycles. The molecule has 0 aliphatic carbocycles. The van der Waals surface area contributed by atoms with Crippen molar-refractivity contribution in [3.05, 3.63) is 68.7 Å². The predicted molar refractivity (Wildman–Crippen MR) is 115 cm³/mol. The van der Waals surface area contributed by atoms with Gasteiger partial charge >= 0.3 is 5.97 Å². The van der Waals surface area contributed by atoms with Crippen LogP contribution in [0.2, 0.25) is 10.3 Å². The maximum absolute atomic E-state index is 11.9. The van der Waals surface area contributed by atoms with Gasteiger partial charge in [0.05, 0.1) is 6.04 Å². The summed E-state index contributed by atoms with van der Waals surface area (Å²) in [5, 5.41) is 11.2. The van der Waals surface area contributed by atoms with Crippen LogP contribution in [0.4, 0.5) is 0 Å². The van der Waals surface area contributed by atoms with Gasteiger partial charge in [0.25, 0.3) is 0 Å². The Morgan fingerprint density at radius 2 is 1.83 bits per heavy atom. The number of halogens is 2. The zero-order valence-corrected chi connectivity index (χ0v) is 18.3. The monoisotopic (exact) mass is 448 g/mol. The van der Waals surface area contributed by atoms with Crippen LogP contribution in [-0.4, -0.2) is 31.1 Å². The van der Waals surface area contributed by atoms with Crippen molar-refractivity contribution in [3.8, 4) is 0 Å². The van der Waals surface area contributed by atoms with Crippen molar-refractivity contribution in [2.24, 2.45) is 10.9 Å². The number of amidine groups is 1. The third-order valence-corrected chi connectivity index (χ3v) is 6.63. The first kappa shape index (κ1) is 20.2. The summed E-state index contributed by atoms with van der Waals surface area (Å²) >= 11 is 13.2. The Morgan fingerprint density at radius 3 is 2.34 bits per heavy atom. The van der Waals surface area contributed by atoms with Crippen LogP contribution in [0.5, 0.6) is 0 Å². The number of nitrogens with zero attached hydrogens (tertiary/aromatic N) is 4. The van der Waals surface area contributed by atoms with Crippen molar-refractivity contribution in [2.45, 2.75) is 32.4 Å². The molecule has 150 valence electrons. The zero-order valence-electron chi connectivity index (χ0n) is 15.9. The van der Waals surface area contributed by atoms with Gasteiger partial charge in [0.15, 0.2) is 5.17 Å². The molecule has 0 amide bonds. The minimum atomic E-state index is -0.946. The van der Waals surface area contributed by atoms with Gasteiger partial charge < -0.3 is 10.0 Å². The van der Waals surface area contributed by atoms with Gasteiger partial charge in [-0.05, 0) is 42.3 Å². The molecule has 4 rings (SSSR count). The smallest absolute Gasteiger partial charge is 0.344 e. The number of aliphatic carboxylic acids is 1. The summed E-state index contributed by atoms with van der Waals surface area (Å²) < 4.78 is 0. The fraction of sp³-hybridized carbons (Fsp3) is 0.300. The number of rotatable bonds is 4. The first-order valence-corrected chi connectivity index (χ1v) is 10.6. The minimum Gasteiger partial charge on any atom is -0.477 e. The Kier molecular flexibility index (Phi) is 5.09. The van der Waals surface area contributed by atoms with E-state index in [0.29, 0.717) is 20.4 Å². The number of carbonyl (C=O) groups is 1. The van der Waals surface area contributed by atoms with Crippen molar-refractivity contribution in [1.29, 1.82) is 0 Å². The summed E-state index contributed by atoms with van der Waals surface area (Å²) in [6.07, 6.45) is 3.43. The Hall–Kier alpha value is -2.09. The van der Waals surface area contributed by atoms with Crippen molar-refractivity contribution < 1.29 is 9.90 Å². The standard InChI is InChI=1S/C20H18Cl2N4O2S/c1-10(2)15-16(18(27)28)29-19-25-20(3,12-5-7-14(22)24-9-12)17(26(15)19)11-4-6-13(21)23-8-11/h4-10,17H,1-3H3,(H,27,28)/t17?,20-/m0/s1. The van der Waals surface area contributed by atoms with Crippen LogP contribution < -0.4 is 0 Å². The molecule has 0 saturated heterocycles. The van der Waals surface area contributed by atoms with E-state index in [9.17, 15) is 9.90 Å². The highest BCUT2D eigenvalue weighted by Gasteiger charge is 2.53. The summed E-state index contributed by atoms with van der Waals surface area (Å²) in [6, 6.07) is 6.97. The second-order valence-corrected chi connectivity index (χ2v) is 9.13. The third kappa shape index (κ3) is 3.31. The fourth-order valence-corrected chi connectivity index (χ4v) is 5.33. The van der Waals surface area contributed by atoms with E-state index in [1.165, 1.54) is 11.8 Å². The summed E-state index contributed by atoms with van der Waals surface area (Å²) in [5.41, 5.74) is 1.80. The van der Waals surface area contributed by atoms with Crippen LogP contribution in [0.3, 0.4) is 0 Å². The van der Waals surface area contributed by atoms with Gasteiger partial charge in [0, 0.05) is 23.7 Å². The molecule has 0 radical (unpaired) electrons. The van der Waals surface area contributed by atoms with Crippen molar-refractivity contribution in [1.82, 2.24) is 14.9 Å². The summed E-state index contributed by atoms with van der Waals surface area (Å²) in [6.45, 7) is 5.98. The lowest BCUT2D eigenvalue weighted by Gasteiger charge is -2.36. The molecule has 0 saturated carbocycles. The highest BCUT2D eigenvalue weighted by Crippen LogP contribution is 2.55. The maximum Gasteiger partial charge on any atom is 0.344 e. The topological polar surface area (TPSA) is 78.7 Å². The van der Waals surface area contributed by atoms with E-state index in [1.54, 1.807) is 24.5 Å². The Balaban J connectivity index is 1.92. The lowest BCUT2D eigenvalue weighted by Crippen LogP contribution is -2.36. The third-order valence-electron chi connectivity index (χ3n) is 5.13. The average molecular weight is 449 g/mol. The molecule has 9 heteroatoms. The molecular formula is C20H18Cl2N4O2S. The quantitative estimate of drug-likeness (QED) is 0.654. The molecule has 0 spiro atoms. The first-order chi connectivity index (χ1) is 13.7. The van der Waals surface area contributed by atoms with Gasteiger partial charge in [-0.25, -0.2) is 19.8 Å². The Bertz CT molecular complexity index is 1040. The molecule has 1 unspecified atom stereocenters. The van der Waals surface area contributed by atoms with Crippen molar-refractivity contribution in [2.75, 3.05) is 0 Å². The zero-order chi connectivity index (χ0) is 20.9. The molecule has 0 fully saturated rings. The lowest BCUT2D eigenvalue weighted by molar-refractivity contribution is -0.131. The molecule has 2 aliphatic rings. The van der Waals surface area contributed by atoms with E-state index in [1.807, 2.05) is 37.8 Å². The van der Waals surface area contributed by atoms with Crippen LogP contribution in [0.15, 0.2) is 52.3 Å². The summed E-state index contributed by atoms with van der Waals surface area (Å²) in [5.74, 6) is -0.951. The predicted octanol–water partition coefficient (Wildman–Crippen LogP) is 5.11.